The Morgan fingerprint density at radius 2 is 2.17 bits per heavy atom. The third kappa shape index (κ3) is 3.62. The molecule has 4 heterocycles. The summed E-state index contributed by atoms with van der Waals surface area (Å²) >= 11 is 0. The highest BCUT2D eigenvalue weighted by Gasteiger charge is 2.28. The number of ether oxygens (including phenoxy) is 2. The second kappa shape index (κ2) is 7.63. The van der Waals surface area contributed by atoms with Crippen LogP contribution in [0, 0.1) is 17.4 Å². The number of nitrogens with one attached hydrogen (secondary N) is 3. The molecule has 2 aliphatic heterocycles. The number of likely N-dealkylation sites (tertiary alicyclic amines) is 1. The van der Waals surface area contributed by atoms with Gasteiger partial charge in [0.1, 0.15) is 5.65 Å². The Hall–Kier alpha value is -3.87. The standard InChI is InChI=1S/C19H21N7O3/c1-28-17-7-14(19(29-2)24-23-17)12-3-4-16-21-15(10-26(16)9-12)22-18(27)13-5-6-25(8-13)11-20/h3-4,7,9-10,13,23-24H,5-6,8H2,1-2H3,(H,22,27)/t13-/m0/s1. The van der Waals surface area contributed by atoms with Crippen LogP contribution in [0.4, 0.5) is 5.82 Å². The van der Waals surface area contributed by atoms with E-state index in [9.17, 15) is 4.79 Å². The molecule has 1 amide bonds. The van der Waals surface area contributed by atoms with Crippen molar-refractivity contribution in [3.05, 3.63) is 47.9 Å². The minimum atomic E-state index is -0.206. The first-order chi connectivity index (χ1) is 14.1. The molecule has 1 fully saturated rings. The van der Waals surface area contributed by atoms with Gasteiger partial charge in [-0.15, -0.1) is 0 Å². The smallest absolute Gasteiger partial charge is 0.230 e. The van der Waals surface area contributed by atoms with Crippen LogP contribution in [0.5, 0.6) is 0 Å². The van der Waals surface area contributed by atoms with Gasteiger partial charge in [-0.1, -0.05) is 0 Å². The quantitative estimate of drug-likeness (QED) is 0.642. The van der Waals surface area contributed by atoms with Crippen molar-refractivity contribution in [1.82, 2.24) is 25.1 Å². The Kier molecular flexibility index (Phi) is 4.87. The Morgan fingerprint density at radius 3 is 2.90 bits per heavy atom. The zero-order valence-electron chi connectivity index (χ0n) is 16.1. The molecule has 29 heavy (non-hydrogen) atoms. The molecule has 0 aromatic carbocycles. The monoisotopic (exact) mass is 395 g/mol. The van der Waals surface area contributed by atoms with Crippen LogP contribution in [0.2, 0.25) is 0 Å². The summed E-state index contributed by atoms with van der Waals surface area (Å²) in [5, 5.41) is 11.8. The fourth-order valence-electron chi connectivity index (χ4n) is 3.41. The lowest BCUT2D eigenvalue weighted by molar-refractivity contribution is -0.119. The SMILES string of the molecule is COC1=CC(c2ccc3nc(NC(=O)[C@H]4CCN(C#N)C4)cn3c2)=C(OC)NN1. The zero-order valence-corrected chi connectivity index (χ0v) is 16.1. The maximum absolute atomic E-state index is 12.5. The number of nitrogens with zero attached hydrogens (tertiary/aromatic N) is 4. The number of hydrazine groups is 1. The maximum atomic E-state index is 12.5. The van der Waals surface area contributed by atoms with Gasteiger partial charge in [0.2, 0.25) is 17.7 Å². The minimum absolute atomic E-state index is 0.119. The van der Waals surface area contributed by atoms with Crippen LogP contribution in [0.15, 0.2) is 42.4 Å². The van der Waals surface area contributed by atoms with Gasteiger partial charge in [-0.2, -0.15) is 5.26 Å². The molecule has 3 N–H and O–H groups in total. The first kappa shape index (κ1) is 18.5. The summed E-state index contributed by atoms with van der Waals surface area (Å²) in [7, 11) is 3.15. The number of carbonyl (C=O) groups excluding carboxylic acids is 1. The van der Waals surface area contributed by atoms with Gasteiger partial charge in [0, 0.05) is 30.9 Å². The Bertz CT molecular complexity index is 1050. The average molecular weight is 395 g/mol. The summed E-state index contributed by atoms with van der Waals surface area (Å²) in [6.07, 6.45) is 8.24. The van der Waals surface area contributed by atoms with Crippen molar-refractivity contribution >= 4 is 22.9 Å². The average Bonchev–Trinajstić information content (AvgIpc) is 3.39. The Balaban J connectivity index is 1.57. The summed E-state index contributed by atoms with van der Waals surface area (Å²) in [4.78, 5) is 18.5. The van der Waals surface area contributed by atoms with E-state index in [0.29, 0.717) is 42.7 Å². The van der Waals surface area contributed by atoms with E-state index < -0.39 is 0 Å². The van der Waals surface area contributed by atoms with Crippen LogP contribution in [0.1, 0.15) is 12.0 Å². The van der Waals surface area contributed by atoms with E-state index in [1.54, 1.807) is 25.3 Å². The van der Waals surface area contributed by atoms with Gasteiger partial charge in [-0.25, -0.2) is 4.98 Å². The van der Waals surface area contributed by atoms with Crippen molar-refractivity contribution in [2.75, 3.05) is 32.6 Å². The van der Waals surface area contributed by atoms with Crippen LogP contribution in [0.3, 0.4) is 0 Å². The molecule has 1 atom stereocenters. The zero-order chi connectivity index (χ0) is 20.4. The summed E-state index contributed by atoms with van der Waals surface area (Å²) in [6.45, 7) is 1.06. The molecule has 0 bridgehead atoms. The van der Waals surface area contributed by atoms with Crippen LogP contribution in [-0.2, 0) is 14.3 Å². The van der Waals surface area contributed by atoms with Crippen molar-refractivity contribution in [2.24, 2.45) is 5.92 Å². The number of fused-ring (bicyclic) bond motifs is 1. The summed E-state index contributed by atoms with van der Waals surface area (Å²) in [5.41, 5.74) is 8.22. The maximum Gasteiger partial charge on any atom is 0.230 e. The molecule has 10 nitrogen and oxygen atoms in total. The molecule has 2 aromatic heterocycles. The Labute approximate surface area is 167 Å². The number of anilines is 1. The van der Waals surface area contributed by atoms with E-state index in [2.05, 4.69) is 27.3 Å². The molecule has 2 aromatic rings. The summed E-state index contributed by atoms with van der Waals surface area (Å²) in [5.74, 6) is 1.26. The van der Waals surface area contributed by atoms with Crippen molar-refractivity contribution in [3.8, 4) is 6.19 Å². The first-order valence-electron chi connectivity index (χ1n) is 9.12. The van der Waals surface area contributed by atoms with Crippen LogP contribution >= 0.6 is 0 Å². The van der Waals surface area contributed by atoms with Gasteiger partial charge in [-0.3, -0.25) is 15.6 Å². The van der Waals surface area contributed by atoms with E-state index in [0.717, 1.165) is 11.1 Å². The second-order valence-electron chi connectivity index (χ2n) is 6.74. The van der Waals surface area contributed by atoms with Crippen LogP contribution < -0.4 is 16.2 Å². The molecule has 0 radical (unpaired) electrons. The molecule has 4 rings (SSSR count). The highest BCUT2D eigenvalue weighted by Crippen LogP contribution is 2.24. The molecule has 2 aliphatic rings. The van der Waals surface area contributed by atoms with Crippen molar-refractivity contribution in [2.45, 2.75) is 6.42 Å². The van der Waals surface area contributed by atoms with Gasteiger partial charge in [0.05, 0.1) is 31.9 Å². The number of allylic oxidation sites excluding steroid dienone is 2. The molecule has 1 saturated heterocycles. The molecule has 0 spiro atoms. The van der Waals surface area contributed by atoms with Crippen molar-refractivity contribution < 1.29 is 14.3 Å². The van der Waals surface area contributed by atoms with Gasteiger partial charge in [0.15, 0.2) is 12.0 Å². The van der Waals surface area contributed by atoms with Crippen molar-refractivity contribution in [1.29, 1.82) is 5.26 Å². The molecule has 0 unspecified atom stereocenters. The van der Waals surface area contributed by atoms with Gasteiger partial charge in [0.25, 0.3) is 0 Å². The normalized spacial score (nSPS) is 18.6. The molecule has 10 heteroatoms. The summed E-state index contributed by atoms with van der Waals surface area (Å²) < 4.78 is 12.5. The molecular formula is C19H21N7O3. The molecule has 150 valence electrons. The van der Waals surface area contributed by atoms with E-state index in [1.807, 2.05) is 28.8 Å². The first-order valence-corrected chi connectivity index (χ1v) is 9.12. The van der Waals surface area contributed by atoms with Crippen LogP contribution in [-0.4, -0.2) is 47.5 Å². The number of aromatic nitrogens is 2. The molecule has 0 saturated carbocycles. The lowest BCUT2D eigenvalue weighted by atomic mass is 10.1. The number of imidazole rings is 1. The summed E-state index contributed by atoms with van der Waals surface area (Å²) in [6, 6.07) is 3.78. The third-order valence-electron chi connectivity index (χ3n) is 4.96. The highest BCUT2D eigenvalue weighted by atomic mass is 16.5. The predicted octanol–water partition coefficient (Wildman–Crippen LogP) is 0.986. The van der Waals surface area contributed by atoms with Crippen molar-refractivity contribution in [3.63, 3.8) is 0 Å². The minimum Gasteiger partial charge on any atom is -0.481 e. The number of carbonyl (C=O) groups is 1. The molecular weight excluding hydrogens is 374 g/mol. The van der Waals surface area contributed by atoms with Gasteiger partial charge >= 0.3 is 0 Å². The van der Waals surface area contributed by atoms with Crippen LogP contribution in [0.25, 0.3) is 11.2 Å². The highest BCUT2D eigenvalue weighted by molar-refractivity contribution is 5.92. The lowest BCUT2D eigenvalue weighted by Crippen LogP contribution is -2.35. The van der Waals surface area contributed by atoms with Gasteiger partial charge in [-0.05, 0) is 18.6 Å². The second-order valence-corrected chi connectivity index (χ2v) is 6.74. The number of pyridine rings is 1. The third-order valence-corrected chi connectivity index (χ3v) is 4.96. The number of hydrogen-bond donors (Lipinski definition) is 3. The number of methoxy groups -OCH3 is 2. The number of nitriles is 1. The number of hydrogen-bond acceptors (Lipinski definition) is 8. The van der Waals surface area contributed by atoms with E-state index >= 15 is 0 Å². The predicted molar refractivity (Wildman–Crippen MR) is 104 cm³/mol. The Morgan fingerprint density at radius 1 is 1.31 bits per heavy atom. The largest absolute Gasteiger partial charge is 0.481 e. The fourth-order valence-corrected chi connectivity index (χ4v) is 3.41. The topological polar surface area (TPSA) is 116 Å². The number of rotatable bonds is 5. The van der Waals surface area contributed by atoms with E-state index in [-0.39, 0.29) is 11.8 Å². The number of amides is 1. The lowest BCUT2D eigenvalue weighted by Gasteiger charge is -2.21. The van der Waals surface area contributed by atoms with E-state index in [1.165, 1.54) is 0 Å². The molecule has 0 aliphatic carbocycles. The fraction of sp³-hybridized carbons (Fsp3) is 0.316. The van der Waals surface area contributed by atoms with Gasteiger partial charge < -0.3 is 24.1 Å². The van der Waals surface area contributed by atoms with E-state index in [4.69, 9.17) is 14.7 Å².